The van der Waals surface area contributed by atoms with Crippen molar-refractivity contribution in [2.45, 2.75) is 26.7 Å². The minimum atomic E-state index is -0.215. The molecule has 2 aromatic rings. The van der Waals surface area contributed by atoms with Gasteiger partial charge in [-0.2, -0.15) is 0 Å². The van der Waals surface area contributed by atoms with Crippen molar-refractivity contribution in [3.63, 3.8) is 0 Å². The van der Waals surface area contributed by atoms with Crippen LogP contribution in [0.5, 0.6) is 5.75 Å². The molecule has 128 valence electrons. The molecule has 1 aromatic carbocycles. The molecule has 0 saturated heterocycles. The lowest BCUT2D eigenvalue weighted by Crippen LogP contribution is -2.25. The summed E-state index contributed by atoms with van der Waals surface area (Å²) in [5.41, 5.74) is 1.89. The molecule has 1 heterocycles. The zero-order chi connectivity index (χ0) is 17.5. The molecule has 0 aliphatic rings. The van der Waals surface area contributed by atoms with Gasteiger partial charge < -0.3 is 15.4 Å². The fourth-order valence-electron chi connectivity index (χ4n) is 2.06. The first kappa shape index (κ1) is 18.0. The molecule has 2 rings (SSSR count). The lowest BCUT2D eigenvalue weighted by molar-refractivity contribution is 0.0948. The zero-order valence-electron chi connectivity index (χ0n) is 14.0. The summed E-state index contributed by atoms with van der Waals surface area (Å²) in [5, 5.41) is 6.51. The minimum absolute atomic E-state index is 0.215. The quantitative estimate of drug-likeness (QED) is 0.746. The molecule has 0 spiro atoms. The SMILES string of the molecule is CCCCNC(=O)c1ccnc(Nc2cc(C)c(Cl)cc2OC)n1. The summed E-state index contributed by atoms with van der Waals surface area (Å²) in [5.74, 6) is 0.679. The number of hydrogen-bond acceptors (Lipinski definition) is 5. The Labute approximate surface area is 146 Å². The predicted molar refractivity (Wildman–Crippen MR) is 95.3 cm³/mol. The number of rotatable bonds is 7. The number of methoxy groups -OCH3 is 1. The molecule has 0 aliphatic heterocycles. The molecular formula is C17H21ClN4O2. The van der Waals surface area contributed by atoms with E-state index in [4.69, 9.17) is 16.3 Å². The molecule has 24 heavy (non-hydrogen) atoms. The third-order valence-corrected chi connectivity index (χ3v) is 3.84. The molecule has 7 heteroatoms. The van der Waals surface area contributed by atoms with Gasteiger partial charge in [0.1, 0.15) is 11.4 Å². The van der Waals surface area contributed by atoms with Crippen molar-refractivity contribution < 1.29 is 9.53 Å². The number of hydrogen-bond donors (Lipinski definition) is 2. The Hall–Kier alpha value is -2.34. The number of aromatic nitrogens is 2. The monoisotopic (exact) mass is 348 g/mol. The lowest BCUT2D eigenvalue weighted by atomic mass is 10.2. The topological polar surface area (TPSA) is 76.1 Å². The van der Waals surface area contributed by atoms with Crippen LogP contribution in [-0.4, -0.2) is 29.5 Å². The Kier molecular flexibility index (Phi) is 6.37. The van der Waals surface area contributed by atoms with Crippen molar-refractivity contribution in [3.05, 3.63) is 40.7 Å². The molecule has 0 bridgehead atoms. The van der Waals surface area contributed by atoms with Gasteiger partial charge >= 0.3 is 0 Å². The summed E-state index contributed by atoms with van der Waals surface area (Å²) in [6, 6.07) is 5.15. The van der Waals surface area contributed by atoms with Crippen LogP contribution in [0.25, 0.3) is 0 Å². The van der Waals surface area contributed by atoms with Gasteiger partial charge in [-0.05, 0) is 31.0 Å². The van der Waals surface area contributed by atoms with E-state index in [1.54, 1.807) is 25.4 Å². The number of halogens is 1. The maximum atomic E-state index is 12.1. The highest BCUT2D eigenvalue weighted by Crippen LogP contribution is 2.32. The largest absolute Gasteiger partial charge is 0.495 e. The van der Waals surface area contributed by atoms with Gasteiger partial charge in [-0.3, -0.25) is 4.79 Å². The second-order valence-electron chi connectivity index (χ2n) is 5.30. The highest BCUT2D eigenvalue weighted by Gasteiger charge is 2.11. The second kappa shape index (κ2) is 8.49. The van der Waals surface area contributed by atoms with Crippen molar-refractivity contribution in [3.8, 4) is 5.75 Å². The Morgan fingerprint density at radius 3 is 2.88 bits per heavy atom. The second-order valence-corrected chi connectivity index (χ2v) is 5.71. The van der Waals surface area contributed by atoms with Crippen LogP contribution < -0.4 is 15.4 Å². The molecule has 0 unspecified atom stereocenters. The van der Waals surface area contributed by atoms with Gasteiger partial charge in [0.25, 0.3) is 5.91 Å². The predicted octanol–water partition coefficient (Wildman–Crippen LogP) is 3.72. The van der Waals surface area contributed by atoms with Crippen LogP contribution in [0.15, 0.2) is 24.4 Å². The van der Waals surface area contributed by atoms with Crippen LogP contribution in [0, 0.1) is 6.92 Å². The van der Waals surface area contributed by atoms with Gasteiger partial charge in [-0.15, -0.1) is 0 Å². The van der Waals surface area contributed by atoms with Crippen molar-refractivity contribution in [1.82, 2.24) is 15.3 Å². The van der Waals surface area contributed by atoms with Gasteiger partial charge in [-0.25, -0.2) is 9.97 Å². The number of unbranched alkanes of at least 4 members (excludes halogenated alkanes) is 1. The number of amides is 1. The fraction of sp³-hybridized carbons (Fsp3) is 0.353. The molecular weight excluding hydrogens is 328 g/mol. The van der Waals surface area contributed by atoms with Crippen LogP contribution in [0.2, 0.25) is 5.02 Å². The first-order valence-electron chi connectivity index (χ1n) is 7.77. The van der Waals surface area contributed by atoms with Crippen LogP contribution in [-0.2, 0) is 0 Å². The average Bonchev–Trinajstić information content (AvgIpc) is 2.58. The maximum absolute atomic E-state index is 12.1. The molecule has 1 aromatic heterocycles. The normalized spacial score (nSPS) is 10.3. The van der Waals surface area contributed by atoms with Crippen LogP contribution in [0.3, 0.4) is 0 Å². The van der Waals surface area contributed by atoms with E-state index in [9.17, 15) is 4.79 Å². The fourth-order valence-corrected chi connectivity index (χ4v) is 2.22. The third-order valence-electron chi connectivity index (χ3n) is 3.43. The van der Waals surface area contributed by atoms with E-state index in [-0.39, 0.29) is 5.91 Å². The molecule has 2 N–H and O–H groups in total. The number of ether oxygens (including phenoxy) is 1. The maximum Gasteiger partial charge on any atom is 0.270 e. The van der Waals surface area contributed by atoms with E-state index < -0.39 is 0 Å². The van der Waals surface area contributed by atoms with E-state index in [1.165, 1.54) is 0 Å². The van der Waals surface area contributed by atoms with Crippen molar-refractivity contribution in [1.29, 1.82) is 0 Å². The number of carbonyl (C=O) groups is 1. The average molecular weight is 349 g/mol. The molecule has 0 saturated carbocycles. The number of benzene rings is 1. The number of nitrogens with zero attached hydrogens (tertiary/aromatic N) is 2. The summed E-state index contributed by atoms with van der Waals surface area (Å²) >= 11 is 6.10. The number of aryl methyl sites for hydroxylation is 1. The number of nitrogens with one attached hydrogen (secondary N) is 2. The van der Waals surface area contributed by atoms with E-state index in [0.29, 0.717) is 34.6 Å². The molecule has 0 radical (unpaired) electrons. The molecule has 0 aliphatic carbocycles. The minimum Gasteiger partial charge on any atom is -0.495 e. The van der Waals surface area contributed by atoms with Gasteiger partial charge in [0.15, 0.2) is 0 Å². The van der Waals surface area contributed by atoms with Crippen LogP contribution in [0.4, 0.5) is 11.6 Å². The third kappa shape index (κ3) is 4.58. The Bertz CT molecular complexity index is 722. The van der Waals surface area contributed by atoms with Crippen molar-refractivity contribution in [2.75, 3.05) is 19.0 Å². The summed E-state index contributed by atoms with van der Waals surface area (Å²) in [4.78, 5) is 20.5. The Morgan fingerprint density at radius 1 is 1.38 bits per heavy atom. The van der Waals surface area contributed by atoms with Gasteiger partial charge in [-0.1, -0.05) is 24.9 Å². The van der Waals surface area contributed by atoms with Gasteiger partial charge in [0.05, 0.1) is 12.8 Å². The smallest absolute Gasteiger partial charge is 0.270 e. The Balaban J connectivity index is 2.18. The van der Waals surface area contributed by atoms with E-state index in [2.05, 4.69) is 27.5 Å². The summed E-state index contributed by atoms with van der Waals surface area (Å²) in [6.07, 6.45) is 3.50. The van der Waals surface area contributed by atoms with Gasteiger partial charge in [0, 0.05) is 23.8 Å². The van der Waals surface area contributed by atoms with Crippen molar-refractivity contribution >= 4 is 29.1 Å². The first-order valence-corrected chi connectivity index (χ1v) is 8.15. The van der Waals surface area contributed by atoms with Crippen LogP contribution >= 0.6 is 11.6 Å². The summed E-state index contributed by atoms with van der Waals surface area (Å²) < 4.78 is 5.31. The first-order chi connectivity index (χ1) is 11.5. The molecule has 6 nitrogen and oxygen atoms in total. The van der Waals surface area contributed by atoms with E-state index in [0.717, 1.165) is 18.4 Å². The number of carbonyl (C=O) groups excluding carboxylic acids is 1. The highest BCUT2D eigenvalue weighted by atomic mass is 35.5. The Morgan fingerprint density at radius 2 is 2.17 bits per heavy atom. The summed E-state index contributed by atoms with van der Waals surface area (Å²) in [6.45, 7) is 4.60. The standard InChI is InChI=1S/C17H21ClN4O2/c1-4-5-7-19-16(23)13-6-8-20-17(21-13)22-14-9-11(2)12(18)10-15(14)24-3/h6,8-10H,4-5,7H2,1-3H3,(H,19,23)(H,20,21,22). The van der Waals surface area contributed by atoms with E-state index in [1.807, 2.05) is 13.0 Å². The highest BCUT2D eigenvalue weighted by molar-refractivity contribution is 6.31. The summed E-state index contributed by atoms with van der Waals surface area (Å²) in [7, 11) is 1.56. The van der Waals surface area contributed by atoms with Crippen molar-refractivity contribution in [2.24, 2.45) is 0 Å². The molecule has 0 fully saturated rings. The van der Waals surface area contributed by atoms with Gasteiger partial charge in [0.2, 0.25) is 5.95 Å². The molecule has 0 atom stereocenters. The zero-order valence-corrected chi connectivity index (χ0v) is 14.8. The van der Waals surface area contributed by atoms with E-state index >= 15 is 0 Å². The lowest BCUT2D eigenvalue weighted by Gasteiger charge is -2.12. The van der Waals surface area contributed by atoms with Crippen LogP contribution in [0.1, 0.15) is 35.8 Å². The molecule has 1 amide bonds. The number of anilines is 2.